The summed E-state index contributed by atoms with van der Waals surface area (Å²) in [6.07, 6.45) is -0.600. The quantitative estimate of drug-likeness (QED) is 0.826. The summed E-state index contributed by atoms with van der Waals surface area (Å²) in [5.74, 6) is 0. The van der Waals surface area contributed by atoms with Crippen molar-refractivity contribution in [3.05, 3.63) is 70.7 Å². The fourth-order valence-corrected chi connectivity index (χ4v) is 2.38. The molecule has 0 saturated carbocycles. The monoisotopic (exact) mass is 305 g/mol. The third kappa shape index (κ3) is 5.14. The van der Waals surface area contributed by atoms with E-state index in [1.165, 1.54) is 0 Å². The SMILES string of the molecule is OCCN(Cc1ccccc1)CC(O)c1ccc(Cl)cc1. The molecule has 0 fully saturated rings. The Hall–Kier alpha value is -1.39. The molecular weight excluding hydrogens is 286 g/mol. The molecule has 4 heteroatoms. The minimum Gasteiger partial charge on any atom is -0.395 e. The number of aliphatic hydroxyl groups excluding tert-OH is 2. The Morgan fingerprint density at radius 2 is 1.67 bits per heavy atom. The summed E-state index contributed by atoms with van der Waals surface area (Å²) in [5.41, 5.74) is 1.99. The van der Waals surface area contributed by atoms with Gasteiger partial charge in [0.05, 0.1) is 12.7 Å². The summed E-state index contributed by atoms with van der Waals surface area (Å²) < 4.78 is 0. The van der Waals surface area contributed by atoms with E-state index in [4.69, 9.17) is 11.6 Å². The maximum Gasteiger partial charge on any atom is 0.0917 e. The van der Waals surface area contributed by atoms with Crippen molar-refractivity contribution in [3.8, 4) is 0 Å². The van der Waals surface area contributed by atoms with Crippen LogP contribution in [0.2, 0.25) is 5.02 Å². The molecule has 0 saturated heterocycles. The van der Waals surface area contributed by atoms with Gasteiger partial charge in [-0.05, 0) is 23.3 Å². The fraction of sp³-hybridized carbons (Fsp3) is 0.294. The van der Waals surface area contributed by atoms with Gasteiger partial charge >= 0.3 is 0 Å². The zero-order valence-corrected chi connectivity index (χ0v) is 12.6. The second-order valence-corrected chi connectivity index (χ2v) is 5.45. The zero-order chi connectivity index (χ0) is 15.1. The Labute approximate surface area is 130 Å². The van der Waals surface area contributed by atoms with Crippen molar-refractivity contribution in [2.75, 3.05) is 19.7 Å². The van der Waals surface area contributed by atoms with E-state index < -0.39 is 6.10 Å². The number of nitrogens with zero attached hydrogens (tertiary/aromatic N) is 1. The van der Waals surface area contributed by atoms with Crippen LogP contribution in [0.5, 0.6) is 0 Å². The highest BCUT2D eigenvalue weighted by atomic mass is 35.5. The van der Waals surface area contributed by atoms with Crippen LogP contribution in [-0.2, 0) is 6.54 Å². The molecule has 0 aliphatic heterocycles. The van der Waals surface area contributed by atoms with E-state index in [9.17, 15) is 10.2 Å². The van der Waals surface area contributed by atoms with E-state index in [1.54, 1.807) is 12.1 Å². The molecule has 2 aromatic rings. The van der Waals surface area contributed by atoms with Crippen molar-refractivity contribution in [1.82, 2.24) is 4.90 Å². The number of hydrogen-bond donors (Lipinski definition) is 2. The van der Waals surface area contributed by atoms with Crippen LogP contribution < -0.4 is 0 Å². The summed E-state index contributed by atoms with van der Waals surface area (Å²) in [7, 11) is 0. The molecule has 2 N–H and O–H groups in total. The van der Waals surface area contributed by atoms with Crippen molar-refractivity contribution in [2.24, 2.45) is 0 Å². The lowest BCUT2D eigenvalue weighted by molar-refractivity contribution is 0.0957. The van der Waals surface area contributed by atoms with Crippen LogP contribution in [0.3, 0.4) is 0 Å². The molecule has 0 aliphatic carbocycles. The van der Waals surface area contributed by atoms with E-state index in [0.29, 0.717) is 24.7 Å². The molecular formula is C17H20ClNO2. The van der Waals surface area contributed by atoms with Gasteiger partial charge in [-0.2, -0.15) is 0 Å². The van der Waals surface area contributed by atoms with Crippen molar-refractivity contribution in [1.29, 1.82) is 0 Å². The molecule has 2 rings (SSSR count). The first kappa shape index (κ1) is 16.0. The zero-order valence-electron chi connectivity index (χ0n) is 11.8. The maximum atomic E-state index is 10.3. The number of aliphatic hydroxyl groups is 2. The summed E-state index contributed by atoms with van der Waals surface area (Å²) >= 11 is 5.85. The number of hydrogen-bond acceptors (Lipinski definition) is 3. The summed E-state index contributed by atoms with van der Waals surface area (Å²) in [6, 6.07) is 17.2. The van der Waals surface area contributed by atoms with Gasteiger partial charge in [0.15, 0.2) is 0 Å². The van der Waals surface area contributed by atoms with Crippen molar-refractivity contribution >= 4 is 11.6 Å². The Kier molecular flexibility index (Phi) is 6.21. The highest BCUT2D eigenvalue weighted by Gasteiger charge is 2.13. The first-order valence-electron chi connectivity index (χ1n) is 6.99. The predicted molar refractivity (Wildman–Crippen MR) is 85.2 cm³/mol. The molecule has 0 spiro atoms. The second-order valence-electron chi connectivity index (χ2n) is 5.01. The Morgan fingerprint density at radius 3 is 2.29 bits per heavy atom. The first-order valence-corrected chi connectivity index (χ1v) is 7.37. The normalized spacial score (nSPS) is 12.6. The lowest BCUT2D eigenvalue weighted by Gasteiger charge is -2.24. The van der Waals surface area contributed by atoms with E-state index in [2.05, 4.69) is 0 Å². The molecule has 0 aliphatic rings. The predicted octanol–water partition coefficient (Wildman–Crippen LogP) is 2.87. The minimum atomic E-state index is -0.600. The van der Waals surface area contributed by atoms with Gasteiger partial charge in [0, 0.05) is 24.7 Å². The van der Waals surface area contributed by atoms with E-state index in [-0.39, 0.29) is 6.61 Å². The van der Waals surface area contributed by atoms with Crippen molar-refractivity contribution in [3.63, 3.8) is 0 Å². The van der Waals surface area contributed by atoms with E-state index >= 15 is 0 Å². The molecule has 2 aromatic carbocycles. The topological polar surface area (TPSA) is 43.7 Å². The molecule has 0 radical (unpaired) electrons. The molecule has 3 nitrogen and oxygen atoms in total. The average Bonchev–Trinajstić information content (AvgIpc) is 2.49. The van der Waals surface area contributed by atoms with Crippen molar-refractivity contribution in [2.45, 2.75) is 12.6 Å². The van der Waals surface area contributed by atoms with Crippen LogP contribution in [0, 0.1) is 0 Å². The molecule has 112 valence electrons. The van der Waals surface area contributed by atoms with Gasteiger partial charge in [-0.3, -0.25) is 4.90 Å². The van der Waals surface area contributed by atoms with Gasteiger partial charge in [-0.1, -0.05) is 54.1 Å². The third-order valence-electron chi connectivity index (χ3n) is 3.35. The minimum absolute atomic E-state index is 0.0696. The van der Waals surface area contributed by atoms with Gasteiger partial charge in [-0.15, -0.1) is 0 Å². The Bertz CT molecular complexity index is 530. The average molecular weight is 306 g/mol. The molecule has 1 unspecified atom stereocenters. The maximum absolute atomic E-state index is 10.3. The Morgan fingerprint density at radius 1 is 1.00 bits per heavy atom. The van der Waals surface area contributed by atoms with Crippen LogP contribution in [0.25, 0.3) is 0 Å². The number of halogens is 1. The second kappa shape index (κ2) is 8.15. The van der Waals surface area contributed by atoms with Crippen molar-refractivity contribution < 1.29 is 10.2 Å². The van der Waals surface area contributed by atoms with Gasteiger partial charge in [0.1, 0.15) is 0 Å². The summed E-state index contributed by atoms with van der Waals surface area (Å²) in [5, 5.41) is 20.2. The molecule has 0 amide bonds. The molecule has 0 bridgehead atoms. The molecule has 21 heavy (non-hydrogen) atoms. The lowest BCUT2D eigenvalue weighted by Crippen LogP contribution is -2.31. The summed E-state index contributed by atoms with van der Waals surface area (Å²) in [4.78, 5) is 2.04. The Balaban J connectivity index is 2.00. The standard InChI is InChI=1S/C17H20ClNO2/c18-16-8-6-15(7-9-16)17(21)13-19(10-11-20)12-14-4-2-1-3-5-14/h1-9,17,20-21H,10-13H2. The van der Waals surface area contributed by atoms with Crippen LogP contribution in [0.4, 0.5) is 0 Å². The van der Waals surface area contributed by atoms with Gasteiger partial charge in [0.25, 0.3) is 0 Å². The first-order chi connectivity index (χ1) is 10.2. The summed E-state index contributed by atoms with van der Waals surface area (Å²) in [6.45, 7) is 1.77. The number of benzene rings is 2. The number of rotatable bonds is 7. The third-order valence-corrected chi connectivity index (χ3v) is 3.60. The van der Waals surface area contributed by atoms with Gasteiger partial charge < -0.3 is 10.2 Å². The fourth-order valence-electron chi connectivity index (χ4n) is 2.25. The molecule has 1 atom stereocenters. The van der Waals surface area contributed by atoms with Crippen LogP contribution >= 0.6 is 11.6 Å². The highest BCUT2D eigenvalue weighted by molar-refractivity contribution is 6.30. The molecule has 0 aromatic heterocycles. The highest BCUT2D eigenvalue weighted by Crippen LogP contribution is 2.18. The van der Waals surface area contributed by atoms with Gasteiger partial charge in [0.2, 0.25) is 0 Å². The van der Waals surface area contributed by atoms with Crippen LogP contribution in [0.1, 0.15) is 17.2 Å². The van der Waals surface area contributed by atoms with Gasteiger partial charge in [-0.25, -0.2) is 0 Å². The smallest absolute Gasteiger partial charge is 0.0917 e. The lowest BCUT2D eigenvalue weighted by atomic mass is 10.1. The molecule has 0 heterocycles. The van der Waals surface area contributed by atoms with Crippen LogP contribution in [-0.4, -0.2) is 34.8 Å². The van der Waals surface area contributed by atoms with E-state index in [0.717, 1.165) is 11.1 Å². The largest absolute Gasteiger partial charge is 0.395 e. The van der Waals surface area contributed by atoms with E-state index in [1.807, 2.05) is 47.4 Å². The van der Waals surface area contributed by atoms with Crippen LogP contribution in [0.15, 0.2) is 54.6 Å².